The van der Waals surface area contributed by atoms with Crippen LogP contribution in [0.4, 0.5) is 5.69 Å². The Morgan fingerprint density at radius 1 is 1.24 bits per heavy atom. The van der Waals surface area contributed by atoms with Crippen molar-refractivity contribution < 1.29 is 19.0 Å². The summed E-state index contributed by atoms with van der Waals surface area (Å²) in [4.78, 5) is 18.0. The van der Waals surface area contributed by atoms with E-state index in [-0.39, 0.29) is 41.0 Å². The van der Waals surface area contributed by atoms with Gasteiger partial charge in [-0.2, -0.15) is 0 Å². The van der Waals surface area contributed by atoms with Gasteiger partial charge >= 0.3 is 5.97 Å². The minimum atomic E-state index is -0.0615. The molecular weight excluding hydrogens is 416 g/mol. The molecule has 5 aliphatic rings. The second-order valence-corrected chi connectivity index (χ2v) is 11.6. The maximum Gasteiger partial charge on any atom is 0.311 e. The number of anilines is 1. The molecule has 33 heavy (non-hydrogen) atoms. The van der Waals surface area contributed by atoms with Crippen LogP contribution in [0.3, 0.4) is 0 Å². The highest BCUT2D eigenvalue weighted by Gasteiger charge is 2.78. The summed E-state index contributed by atoms with van der Waals surface area (Å²) in [6.45, 7) is 10.7. The van der Waals surface area contributed by atoms with E-state index in [1.807, 2.05) is 6.07 Å². The first-order chi connectivity index (χ1) is 15.9. The highest BCUT2D eigenvalue weighted by Crippen LogP contribution is 2.70. The summed E-state index contributed by atoms with van der Waals surface area (Å²) in [5.41, 5.74) is 1.34. The van der Waals surface area contributed by atoms with Gasteiger partial charge in [-0.05, 0) is 44.2 Å². The molecule has 1 aromatic carbocycles. The summed E-state index contributed by atoms with van der Waals surface area (Å²) in [6.07, 6.45) is 4.91. The fourth-order valence-corrected chi connectivity index (χ4v) is 8.09. The topological polar surface area (TPSA) is 54.5 Å². The van der Waals surface area contributed by atoms with E-state index in [0.717, 1.165) is 38.3 Å². The van der Waals surface area contributed by atoms with Crippen molar-refractivity contribution >= 4 is 11.7 Å². The molecule has 0 bridgehead atoms. The van der Waals surface area contributed by atoms with E-state index in [4.69, 9.17) is 14.2 Å². The highest BCUT2D eigenvalue weighted by atomic mass is 16.6. The van der Waals surface area contributed by atoms with Crippen LogP contribution in [0.1, 0.15) is 46.5 Å². The van der Waals surface area contributed by atoms with Gasteiger partial charge in [0.25, 0.3) is 0 Å². The molecule has 6 heteroatoms. The number of hydrogen-bond acceptors (Lipinski definition) is 6. The second kappa shape index (κ2) is 7.61. The highest BCUT2D eigenvalue weighted by molar-refractivity contribution is 5.76. The van der Waals surface area contributed by atoms with Crippen molar-refractivity contribution in [1.82, 2.24) is 4.90 Å². The van der Waals surface area contributed by atoms with E-state index < -0.39 is 0 Å². The molecule has 6 nitrogen and oxygen atoms in total. The van der Waals surface area contributed by atoms with Crippen LogP contribution in [0, 0.1) is 23.2 Å². The lowest BCUT2D eigenvalue weighted by molar-refractivity contribution is -0.146. The molecule has 3 aliphatic heterocycles. The number of rotatable bonds is 4. The van der Waals surface area contributed by atoms with Gasteiger partial charge in [-0.15, -0.1) is 0 Å². The molecular formula is C27H38N2O4. The maximum absolute atomic E-state index is 13.1. The van der Waals surface area contributed by atoms with Gasteiger partial charge in [0.05, 0.1) is 19.1 Å². The van der Waals surface area contributed by atoms with Gasteiger partial charge in [-0.3, -0.25) is 9.69 Å². The Morgan fingerprint density at radius 2 is 2.09 bits per heavy atom. The average Bonchev–Trinajstić information content (AvgIpc) is 3.48. The Kier molecular flexibility index (Phi) is 5.01. The lowest BCUT2D eigenvalue weighted by atomic mass is 9.53. The fraction of sp³-hybridized carbons (Fsp3) is 0.741. The lowest BCUT2D eigenvalue weighted by Gasteiger charge is -2.49. The summed E-state index contributed by atoms with van der Waals surface area (Å²) in [5, 5.41) is 0. The SMILES string of the molecule is COc1cccc(N2CCN(CC3C(=O)O[C@@H]4C[C@@]5(C)CCC[C@H](C)C56OC6[C@H]34)CC2C)c1. The van der Waals surface area contributed by atoms with E-state index in [9.17, 15) is 4.79 Å². The second-order valence-electron chi connectivity index (χ2n) is 11.6. The Hall–Kier alpha value is -1.79. The van der Waals surface area contributed by atoms with Crippen molar-refractivity contribution in [3.63, 3.8) is 0 Å². The molecule has 1 aromatic rings. The van der Waals surface area contributed by atoms with Gasteiger partial charge < -0.3 is 19.1 Å². The minimum absolute atomic E-state index is 0.00780. The molecule has 180 valence electrons. The van der Waals surface area contributed by atoms with Crippen LogP contribution >= 0.6 is 0 Å². The van der Waals surface area contributed by atoms with Gasteiger partial charge in [0, 0.05) is 55.3 Å². The van der Waals surface area contributed by atoms with Crippen LogP contribution in [0.25, 0.3) is 0 Å². The molecule has 2 saturated carbocycles. The zero-order chi connectivity index (χ0) is 23.0. The van der Waals surface area contributed by atoms with Crippen LogP contribution in [0.15, 0.2) is 24.3 Å². The number of hydrogen-bond donors (Lipinski definition) is 0. The molecule has 6 rings (SSSR count). The first-order valence-corrected chi connectivity index (χ1v) is 12.9. The quantitative estimate of drug-likeness (QED) is 0.510. The molecule has 2 aliphatic carbocycles. The number of epoxide rings is 1. The van der Waals surface area contributed by atoms with Gasteiger partial charge in [0.2, 0.25) is 0 Å². The fourth-order valence-electron chi connectivity index (χ4n) is 8.09. The largest absolute Gasteiger partial charge is 0.497 e. The van der Waals surface area contributed by atoms with E-state index in [2.05, 4.69) is 48.8 Å². The van der Waals surface area contributed by atoms with E-state index in [1.165, 1.54) is 24.9 Å². The van der Waals surface area contributed by atoms with Crippen LogP contribution in [-0.4, -0.2) is 68.0 Å². The molecule has 5 fully saturated rings. The number of ether oxygens (including phenoxy) is 3. The average molecular weight is 455 g/mol. The molecule has 0 radical (unpaired) electrons. The number of carbonyl (C=O) groups is 1. The number of fused-ring (bicyclic) bond motifs is 2. The van der Waals surface area contributed by atoms with Crippen LogP contribution in [-0.2, 0) is 14.3 Å². The third-order valence-corrected chi connectivity index (χ3v) is 9.75. The molecule has 1 spiro atoms. The summed E-state index contributed by atoms with van der Waals surface area (Å²) in [6, 6.07) is 8.68. The molecule has 3 heterocycles. The van der Waals surface area contributed by atoms with Gasteiger partial charge in [0.15, 0.2) is 0 Å². The van der Waals surface area contributed by atoms with Gasteiger partial charge in [0.1, 0.15) is 17.5 Å². The van der Waals surface area contributed by atoms with Crippen molar-refractivity contribution in [2.24, 2.45) is 23.2 Å². The lowest BCUT2D eigenvalue weighted by Crippen LogP contribution is -2.56. The predicted octanol–water partition coefficient (Wildman–Crippen LogP) is 3.73. The first-order valence-electron chi connectivity index (χ1n) is 12.9. The Labute approximate surface area is 197 Å². The number of methoxy groups -OCH3 is 1. The van der Waals surface area contributed by atoms with E-state index >= 15 is 0 Å². The van der Waals surface area contributed by atoms with Gasteiger partial charge in [-0.1, -0.05) is 26.3 Å². The molecule has 8 atom stereocenters. The third-order valence-electron chi connectivity index (χ3n) is 9.75. The van der Waals surface area contributed by atoms with Crippen molar-refractivity contribution in [2.75, 3.05) is 38.2 Å². The van der Waals surface area contributed by atoms with Crippen LogP contribution < -0.4 is 9.64 Å². The van der Waals surface area contributed by atoms with E-state index in [1.54, 1.807) is 7.11 Å². The normalized spacial score (nSPS) is 44.5. The Morgan fingerprint density at radius 3 is 2.88 bits per heavy atom. The smallest absolute Gasteiger partial charge is 0.311 e. The van der Waals surface area contributed by atoms with E-state index in [0.29, 0.717) is 12.0 Å². The Bertz CT molecular complexity index is 938. The summed E-state index contributed by atoms with van der Waals surface area (Å²) < 4.78 is 18.1. The predicted molar refractivity (Wildman–Crippen MR) is 126 cm³/mol. The first kappa shape index (κ1) is 21.7. The van der Waals surface area contributed by atoms with Crippen molar-refractivity contribution in [3.05, 3.63) is 24.3 Å². The molecule has 4 unspecified atom stereocenters. The zero-order valence-electron chi connectivity index (χ0n) is 20.5. The molecule has 0 aromatic heterocycles. The number of benzene rings is 1. The van der Waals surface area contributed by atoms with Crippen LogP contribution in [0.5, 0.6) is 5.75 Å². The zero-order valence-corrected chi connectivity index (χ0v) is 20.5. The van der Waals surface area contributed by atoms with Crippen molar-refractivity contribution in [1.29, 1.82) is 0 Å². The monoisotopic (exact) mass is 454 g/mol. The minimum Gasteiger partial charge on any atom is -0.497 e. The maximum atomic E-state index is 13.1. The van der Waals surface area contributed by atoms with Crippen molar-refractivity contribution in [3.8, 4) is 5.75 Å². The standard InChI is InChI=1S/C27H38N2O4/c1-17-7-6-10-26(3)14-22-23(24-27(17,26)33-24)21(25(30)32-22)16-28-11-12-29(18(2)15-28)19-8-5-9-20(13-19)31-4/h5,8-9,13,17-18,21-24H,6-7,10-12,14-16H2,1-4H3/t17-,18?,21?,22+,23+,24?,26+,27?/m0/s1. The Balaban J connectivity index is 1.15. The number of nitrogens with zero attached hydrogens (tertiary/aromatic N) is 2. The molecule has 0 N–H and O–H groups in total. The number of esters is 1. The molecule has 0 amide bonds. The molecule has 3 saturated heterocycles. The third kappa shape index (κ3) is 3.16. The number of piperazine rings is 1. The van der Waals surface area contributed by atoms with Gasteiger partial charge in [-0.25, -0.2) is 0 Å². The van der Waals surface area contributed by atoms with Crippen LogP contribution in [0.2, 0.25) is 0 Å². The van der Waals surface area contributed by atoms with Crippen molar-refractivity contribution in [2.45, 2.75) is 70.3 Å². The summed E-state index contributed by atoms with van der Waals surface area (Å²) >= 11 is 0. The summed E-state index contributed by atoms with van der Waals surface area (Å²) in [7, 11) is 1.71. The number of carbonyl (C=O) groups excluding carboxylic acids is 1. The summed E-state index contributed by atoms with van der Waals surface area (Å²) in [5.74, 6) is 1.63.